The van der Waals surface area contributed by atoms with Crippen LogP contribution in [-0.4, -0.2) is 43.6 Å². The highest BCUT2D eigenvalue weighted by molar-refractivity contribution is 8.01. The van der Waals surface area contributed by atoms with Crippen molar-refractivity contribution in [3.63, 3.8) is 0 Å². The normalized spacial score (nSPS) is 18.1. The molecule has 0 bridgehead atoms. The maximum absolute atomic E-state index is 13.9. The van der Waals surface area contributed by atoms with Gasteiger partial charge in [-0.15, -0.1) is 11.8 Å². The summed E-state index contributed by atoms with van der Waals surface area (Å²) in [4.78, 5) is 40.5. The molecule has 0 spiro atoms. The first-order chi connectivity index (χ1) is 24.1. The van der Waals surface area contributed by atoms with E-state index in [1.54, 1.807) is 29.2 Å². The highest BCUT2D eigenvalue weighted by Gasteiger charge is 2.42. The van der Waals surface area contributed by atoms with E-state index in [0.29, 0.717) is 11.3 Å². The second-order valence-electron chi connectivity index (χ2n) is 10.1. The molecule has 2 atom stereocenters. The molecule has 3 amide bonds. The summed E-state index contributed by atoms with van der Waals surface area (Å²) in [5, 5.41) is 1.53. The molecule has 0 unspecified atom stereocenters. The van der Waals surface area contributed by atoms with Gasteiger partial charge in [-0.05, 0) is 72.1 Å². The van der Waals surface area contributed by atoms with Gasteiger partial charge in [0.2, 0.25) is 17.7 Å². The maximum atomic E-state index is 13.9. The summed E-state index contributed by atoms with van der Waals surface area (Å²) in [5.41, 5.74) is 9.24. The Labute approximate surface area is 275 Å². The van der Waals surface area contributed by atoms with E-state index in [1.807, 2.05) is 54.6 Å². The molecule has 5 rings (SSSR count). The zero-order valence-electron chi connectivity index (χ0n) is 30.0. The van der Waals surface area contributed by atoms with Crippen molar-refractivity contribution < 1.29 is 32.1 Å². The lowest BCUT2D eigenvalue weighted by Crippen LogP contribution is -2.34. The Kier molecular flexibility index (Phi) is 7.79. The lowest BCUT2D eigenvalue weighted by atomic mass is 10.1. The highest BCUT2D eigenvalue weighted by Crippen LogP contribution is 2.46. The second kappa shape index (κ2) is 14.5. The van der Waals surface area contributed by atoms with Gasteiger partial charge in [-0.2, -0.15) is 0 Å². The van der Waals surface area contributed by atoms with Crippen molar-refractivity contribution in [2.24, 2.45) is 5.73 Å². The quantitative estimate of drug-likeness (QED) is 0.238. The maximum Gasteiger partial charge on any atom is 0.248 e. The van der Waals surface area contributed by atoms with Crippen molar-refractivity contribution in [2.45, 2.75) is 23.5 Å². The number of methoxy groups -OCH3 is 2. The van der Waals surface area contributed by atoms with Crippen molar-refractivity contribution in [2.75, 3.05) is 25.5 Å². The van der Waals surface area contributed by atoms with Crippen LogP contribution in [0.25, 0.3) is 0 Å². The van der Waals surface area contributed by atoms with Gasteiger partial charge in [0.1, 0.15) is 5.37 Å². The number of benzene rings is 4. The van der Waals surface area contributed by atoms with Gasteiger partial charge in [-0.3, -0.25) is 19.3 Å². The summed E-state index contributed by atoms with van der Waals surface area (Å²) >= 11 is 1.31. The largest absolute Gasteiger partial charge is 0.493 e. The number of anilines is 1. The van der Waals surface area contributed by atoms with E-state index in [4.69, 9.17) is 23.4 Å². The second-order valence-corrected chi connectivity index (χ2v) is 11.4. The number of thioether (sulfide) groups is 1. The first-order valence-electron chi connectivity index (χ1n) is 17.0. The fraction of sp³-hybridized carbons (Fsp3) is 0.194. The Hall–Kier alpha value is -5.20. The zero-order valence-corrected chi connectivity index (χ0v) is 24.8. The molecule has 228 valence electrons. The number of rotatable bonds is 10. The van der Waals surface area contributed by atoms with E-state index in [9.17, 15) is 14.4 Å². The van der Waals surface area contributed by atoms with Gasteiger partial charge in [0.15, 0.2) is 11.5 Å². The number of primary amides is 1. The minimum absolute atomic E-state index is 0.134. The molecule has 45 heavy (non-hydrogen) atoms. The van der Waals surface area contributed by atoms with Crippen LogP contribution in [0.5, 0.6) is 11.5 Å². The van der Waals surface area contributed by atoms with Gasteiger partial charge in [-0.1, -0.05) is 54.3 Å². The Morgan fingerprint density at radius 1 is 0.911 bits per heavy atom. The minimum Gasteiger partial charge on any atom is -0.493 e. The molecule has 9 heteroatoms. The average Bonchev–Trinajstić information content (AvgIpc) is 3.39. The van der Waals surface area contributed by atoms with Gasteiger partial charge in [0.25, 0.3) is 0 Å². The first kappa shape index (κ1) is 24.2. The summed E-state index contributed by atoms with van der Waals surface area (Å²) in [5.74, 6) is 4.39. The minimum atomic E-state index is -2.85. The van der Waals surface area contributed by atoms with E-state index in [-0.39, 0.29) is 48.3 Å². The van der Waals surface area contributed by atoms with Gasteiger partial charge in [-0.25, -0.2) is 0 Å². The van der Waals surface area contributed by atoms with Crippen LogP contribution in [0.4, 0.5) is 5.69 Å². The third-order valence-electron chi connectivity index (χ3n) is 7.10. The number of nitrogens with zero attached hydrogens (tertiary/aromatic N) is 1. The van der Waals surface area contributed by atoms with Crippen LogP contribution >= 0.6 is 11.8 Å². The molecule has 1 fully saturated rings. The summed E-state index contributed by atoms with van der Waals surface area (Å²) in [7, 11) is -5.67. The first-order valence-corrected chi connectivity index (χ1v) is 14.9. The van der Waals surface area contributed by atoms with E-state index in [0.717, 1.165) is 16.7 Å². The summed E-state index contributed by atoms with van der Waals surface area (Å²) in [6, 6.07) is 27.7. The summed E-state index contributed by atoms with van der Waals surface area (Å²) in [6.45, 7) is 0.135. The smallest absolute Gasteiger partial charge is 0.248 e. The number of hydrogen-bond acceptors (Lipinski definition) is 6. The highest BCUT2D eigenvalue weighted by atomic mass is 32.2. The summed E-state index contributed by atoms with van der Waals surface area (Å²) < 4.78 is 54.1. The standard InChI is InChI=1S/C36H33N3O5S/c1-43-30-18-15-26(21-31(30)44-2)19-20-38-33(40)23-32-35(42)39(29-10-6-9-28(22-29)34(37)41)36(45-32)27-16-13-25(14-17-27)12-11-24-7-4-3-5-8-24/h3-10,13-18,21-22,32,36H,19-20,23H2,1-2H3,(H2,37,41)(H,38,40)/t32-,36+/m1/s1/i1D3,2D3. The SMILES string of the molecule is [2H]C([2H])([2H])Oc1ccc(CCNC(=O)C[C@H]2S[C@@H](c3ccc(C#Cc4ccccc4)cc3)N(c3cccc(C(N)=O)c3)C2=O)cc1OC([2H])([2H])[2H]. The molecule has 3 N–H and O–H groups in total. The number of ether oxygens (including phenoxy) is 2. The molecular formula is C36H33N3O5S. The molecule has 1 aliphatic heterocycles. The van der Waals surface area contributed by atoms with E-state index in [2.05, 4.69) is 17.2 Å². The van der Waals surface area contributed by atoms with Crippen LogP contribution in [-0.2, 0) is 16.0 Å². The fourth-order valence-corrected chi connectivity index (χ4v) is 6.29. The van der Waals surface area contributed by atoms with E-state index >= 15 is 0 Å². The number of nitrogens with two attached hydrogens (primary N) is 1. The van der Waals surface area contributed by atoms with Crippen LogP contribution in [0.1, 0.15) is 52.6 Å². The number of amides is 3. The Morgan fingerprint density at radius 2 is 1.64 bits per heavy atom. The van der Waals surface area contributed by atoms with Crippen molar-refractivity contribution in [3.8, 4) is 23.3 Å². The monoisotopic (exact) mass is 625 g/mol. The van der Waals surface area contributed by atoms with Gasteiger partial charge in [0.05, 0.1) is 27.6 Å². The molecule has 1 heterocycles. The van der Waals surface area contributed by atoms with Crippen LogP contribution in [0.15, 0.2) is 97.1 Å². The molecule has 4 aromatic rings. The predicted octanol–water partition coefficient (Wildman–Crippen LogP) is 5.10. The number of nitrogens with one attached hydrogen (secondary N) is 1. The van der Waals surface area contributed by atoms with Crippen molar-refractivity contribution in [1.29, 1.82) is 0 Å². The third-order valence-corrected chi connectivity index (χ3v) is 8.54. The van der Waals surface area contributed by atoms with Crippen molar-refractivity contribution in [3.05, 3.63) is 125 Å². The lowest BCUT2D eigenvalue weighted by molar-refractivity contribution is -0.124. The van der Waals surface area contributed by atoms with Crippen LogP contribution in [0.2, 0.25) is 0 Å². The average molecular weight is 626 g/mol. The number of carbonyl (C=O) groups excluding carboxylic acids is 3. The predicted molar refractivity (Wildman–Crippen MR) is 176 cm³/mol. The fourth-order valence-electron chi connectivity index (χ4n) is 4.84. The molecule has 8 nitrogen and oxygen atoms in total. The van der Waals surface area contributed by atoms with Crippen molar-refractivity contribution >= 4 is 35.2 Å². The molecule has 1 saturated heterocycles. The van der Waals surface area contributed by atoms with Gasteiger partial charge >= 0.3 is 0 Å². The molecule has 0 aliphatic carbocycles. The van der Waals surface area contributed by atoms with Gasteiger partial charge < -0.3 is 20.5 Å². The topological polar surface area (TPSA) is 111 Å². The Balaban J connectivity index is 1.29. The van der Waals surface area contributed by atoms with E-state index < -0.39 is 30.6 Å². The molecule has 4 aromatic carbocycles. The molecule has 0 radical (unpaired) electrons. The lowest BCUT2D eigenvalue weighted by Gasteiger charge is -2.24. The number of carbonyl (C=O) groups is 3. The molecule has 0 saturated carbocycles. The van der Waals surface area contributed by atoms with Crippen LogP contribution < -0.4 is 25.4 Å². The molecular weight excluding hydrogens is 586 g/mol. The summed E-state index contributed by atoms with van der Waals surface area (Å²) in [6.07, 6.45) is 0.114. The number of hydrogen-bond donors (Lipinski definition) is 2. The Bertz CT molecular complexity index is 1960. The van der Waals surface area contributed by atoms with Gasteiger partial charge in [0, 0.05) is 35.3 Å². The zero-order chi connectivity index (χ0) is 36.8. The van der Waals surface area contributed by atoms with Crippen LogP contribution in [0, 0.1) is 11.8 Å². The Morgan fingerprint density at radius 3 is 2.38 bits per heavy atom. The molecule has 1 aliphatic rings. The van der Waals surface area contributed by atoms with Crippen molar-refractivity contribution in [1.82, 2.24) is 5.32 Å². The van der Waals surface area contributed by atoms with Crippen LogP contribution in [0.3, 0.4) is 0 Å². The third kappa shape index (κ3) is 7.66. The molecule has 0 aromatic heterocycles. The van der Waals surface area contributed by atoms with E-state index in [1.165, 1.54) is 30.0 Å².